The van der Waals surface area contributed by atoms with Gasteiger partial charge >= 0.3 is 0 Å². The summed E-state index contributed by atoms with van der Waals surface area (Å²) in [5, 5.41) is 4.08. The van der Waals surface area contributed by atoms with Gasteiger partial charge in [-0.05, 0) is 59.7 Å². The third-order valence-electron chi connectivity index (χ3n) is 5.40. The van der Waals surface area contributed by atoms with Crippen LogP contribution in [0.15, 0.2) is 83.8 Å². The van der Waals surface area contributed by atoms with E-state index in [4.69, 9.17) is 23.2 Å². The lowest BCUT2D eigenvalue weighted by molar-refractivity contribution is -0.141. The van der Waals surface area contributed by atoms with E-state index in [1.165, 1.54) is 0 Å². The molecule has 1 N–H and O–H groups in total. The molecule has 0 saturated carbocycles. The summed E-state index contributed by atoms with van der Waals surface area (Å²) >= 11 is 13.7. The van der Waals surface area contributed by atoms with Crippen LogP contribution in [-0.2, 0) is 22.6 Å². The van der Waals surface area contributed by atoms with Gasteiger partial charge in [0.05, 0.1) is 0 Å². The maximum Gasteiger partial charge on any atom is 0.242 e. The summed E-state index contributed by atoms with van der Waals surface area (Å²) in [5.74, 6) is 0.573. The van der Waals surface area contributed by atoms with E-state index in [-0.39, 0.29) is 11.8 Å². The standard InChI is InChI=1S/C27H28Cl2N2O2S/c1-30-27(33)25(18-20-6-3-2-4-7-20)31(19-21-9-11-22(28)12-10-21)26(32)8-5-17-34-24-15-13-23(29)14-16-24/h2-4,6-7,9-16,25H,5,8,17-19H2,1H3,(H,30,33)/t25-/m0/s1. The molecule has 0 aliphatic rings. The maximum atomic E-state index is 13.4. The number of amides is 2. The van der Waals surface area contributed by atoms with Crippen molar-refractivity contribution in [2.24, 2.45) is 0 Å². The Bertz CT molecular complexity index is 1060. The van der Waals surface area contributed by atoms with E-state index in [0.717, 1.165) is 21.8 Å². The first-order valence-electron chi connectivity index (χ1n) is 11.1. The minimum Gasteiger partial charge on any atom is -0.357 e. The van der Waals surface area contributed by atoms with E-state index in [2.05, 4.69) is 5.32 Å². The zero-order valence-electron chi connectivity index (χ0n) is 19.0. The molecule has 7 heteroatoms. The number of rotatable bonds is 11. The monoisotopic (exact) mass is 514 g/mol. The van der Waals surface area contributed by atoms with Gasteiger partial charge in [-0.2, -0.15) is 0 Å². The first-order chi connectivity index (χ1) is 16.5. The van der Waals surface area contributed by atoms with E-state index in [1.807, 2.05) is 66.7 Å². The largest absolute Gasteiger partial charge is 0.357 e. The van der Waals surface area contributed by atoms with Gasteiger partial charge in [-0.25, -0.2) is 0 Å². The van der Waals surface area contributed by atoms with Gasteiger partial charge in [-0.3, -0.25) is 9.59 Å². The first-order valence-corrected chi connectivity index (χ1v) is 12.9. The van der Waals surface area contributed by atoms with Crippen LogP contribution >= 0.6 is 35.0 Å². The Hall–Kier alpha value is -2.47. The Balaban J connectivity index is 1.73. The van der Waals surface area contributed by atoms with Crippen LogP contribution < -0.4 is 5.32 Å². The molecule has 0 bridgehead atoms. The molecule has 178 valence electrons. The molecule has 3 aromatic carbocycles. The van der Waals surface area contributed by atoms with Gasteiger partial charge in [0.25, 0.3) is 0 Å². The summed E-state index contributed by atoms with van der Waals surface area (Å²) < 4.78 is 0. The lowest BCUT2D eigenvalue weighted by Crippen LogP contribution is -2.49. The highest BCUT2D eigenvalue weighted by molar-refractivity contribution is 7.99. The minimum atomic E-state index is -0.612. The molecule has 0 aliphatic heterocycles. The Morgan fingerprint density at radius 3 is 2.12 bits per heavy atom. The summed E-state index contributed by atoms with van der Waals surface area (Å²) in [4.78, 5) is 29.1. The lowest BCUT2D eigenvalue weighted by atomic mass is 10.0. The number of hydrogen-bond donors (Lipinski definition) is 1. The maximum absolute atomic E-state index is 13.4. The molecule has 0 fully saturated rings. The van der Waals surface area contributed by atoms with Gasteiger partial charge in [-0.15, -0.1) is 11.8 Å². The summed E-state index contributed by atoms with van der Waals surface area (Å²) in [6.07, 6.45) is 1.50. The average molecular weight is 516 g/mol. The van der Waals surface area contributed by atoms with Crippen molar-refractivity contribution in [3.8, 4) is 0 Å². The molecule has 0 spiro atoms. The van der Waals surface area contributed by atoms with Crippen molar-refractivity contribution in [1.29, 1.82) is 0 Å². The normalized spacial score (nSPS) is 11.6. The second-order valence-corrected chi connectivity index (χ2v) is 9.92. The fraction of sp³-hybridized carbons (Fsp3) is 0.259. The molecule has 2 amide bonds. The summed E-state index contributed by atoms with van der Waals surface area (Å²) in [6, 6.07) is 24.2. The molecular weight excluding hydrogens is 487 g/mol. The van der Waals surface area contributed by atoms with Crippen LogP contribution in [-0.4, -0.2) is 35.6 Å². The van der Waals surface area contributed by atoms with Crippen LogP contribution in [0.4, 0.5) is 0 Å². The minimum absolute atomic E-state index is 0.0452. The number of carbonyl (C=O) groups excluding carboxylic acids is 2. The smallest absolute Gasteiger partial charge is 0.242 e. The van der Waals surface area contributed by atoms with Gasteiger partial charge in [0.1, 0.15) is 6.04 Å². The first kappa shape index (κ1) is 26.1. The van der Waals surface area contributed by atoms with Gasteiger partial charge in [0.15, 0.2) is 0 Å². The molecule has 0 radical (unpaired) electrons. The number of hydrogen-bond acceptors (Lipinski definition) is 3. The van der Waals surface area contributed by atoms with Crippen molar-refractivity contribution < 1.29 is 9.59 Å². The second kappa shape index (κ2) is 13.4. The van der Waals surface area contributed by atoms with Crippen molar-refractivity contribution in [2.45, 2.75) is 36.7 Å². The van der Waals surface area contributed by atoms with Crippen LogP contribution in [0.1, 0.15) is 24.0 Å². The second-order valence-electron chi connectivity index (χ2n) is 7.87. The summed E-state index contributed by atoms with van der Waals surface area (Å²) in [7, 11) is 1.61. The van der Waals surface area contributed by atoms with E-state index >= 15 is 0 Å². The fourth-order valence-electron chi connectivity index (χ4n) is 3.59. The van der Waals surface area contributed by atoms with Gasteiger partial charge in [-0.1, -0.05) is 65.7 Å². The van der Waals surface area contributed by atoms with Crippen molar-refractivity contribution >= 4 is 46.8 Å². The summed E-state index contributed by atoms with van der Waals surface area (Å²) in [6.45, 7) is 0.339. The van der Waals surface area contributed by atoms with Crippen molar-refractivity contribution in [3.63, 3.8) is 0 Å². The van der Waals surface area contributed by atoms with Crippen molar-refractivity contribution in [3.05, 3.63) is 100 Å². The van der Waals surface area contributed by atoms with E-state index in [0.29, 0.717) is 35.9 Å². The predicted molar refractivity (Wildman–Crippen MR) is 141 cm³/mol. The van der Waals surface area contributed by atoms with Crippen LogP contribution in [0.2, 0.25) is 10.0 Å². The molecule has 0 saturated heterocycles. The number of carbonyl (C=O) groups is 2. The number of thioether (sulfide) groups is 1. The molecule has 3 aromatic rings. The van der Waals surface area contributed by atoms with Crippen molar-refractivity contribution in [1.82, 2.24) is 10.2 Å². The van der Waals surface area contributed by atoms with Crippen LogP contribution in [0.3, 0.4) is 0 Å². The molecule has 0 aromatic heterocycles. The molecule has 3 rings (SSSR count). The highest BCUT2D eigenvalue weighted by Crippen LogP contribution is 2.23. The van der Waals surface area contributed by atoms with Crippen LogP contribution in [0, 0.1) is 0 Å². The number of likely N-dealkylation sites (N-methyl/N-ethyl adjacent to an activating group) is 1. The molecule has 1 atom stereocenters. The van der Waals surface area contributed by atoms with Gasteiger partial charge in [0.2, 0.25) is 11.8 Å². The zero-order chi connectivity index (χ0) is 24.3. The van der Waals surface area contributed by atoms with E-state index in [1.54, 1.807) is 35.8 Å². The SMILES string of the molecule is CNC(=O)[C@H](Cc1ccccc1)N(Cc1ccc(Cl)cc1)C(=O)CCCSc1ccc(Cl)cc1. The predicted octanol–water partition coefficient (Wildman–Crippen LogP) is 6.25. The van der Waals surface area contributed by atoms with Gasteiger partial charge < -0.3 is 10.2 Å². The van der Waals surface area contributed by atoms with Crippen molar-refractivity contribution in [2.75, 3.05) is 12.8 Å². The number of nitrogens with one attached hydrogen (secondary N) is 1. The van der Waals surface area contributed by atoms with Gasteiger partial charge in [0, 0.05) is 41.4 Å². The summed E-state index contributed by atoms with van der Waals surface area (Å²) in [5.41, 5.74) is 1.93. The number of benzene rings is 3. The third-order valence-corrected chi connectivity index (χ3v) is 7.00. The number of nitrogens with zero attached hydrogens (tertiary/aromatic N) is 1. The van der Waals surface area contributed by atoms with Crippen LogP contribution in [0.5, 0.6) is 0 Å². The highest BCUT2D eigenvalue weighted by Gasteiger charge is 2.29. The Morgan fingerprint density at radius 1 is 0.882 bits per heavy atom. The van der Waals surface area contributed by atoms with E-state index in [9.17, 15) is 9.59 Å². The Labute approximate surface area is 215 Å². The molecular formula is C27H28Cl2N2O2S. The molecule has 0 aliphatic carbocycles. The van der Waals surface area contributed by atoms with Crippen LogP contribution in [0.25, 0.3) is 0 Å². The third kappa shape index (κ3) is 8.08. The molecule has 34 heavy (non-hydrogen) atoms. The Morgan fingerprint density at radius 2 is 1.50 bits per heavy atom. The number of halogens is 2. The fourth-order valence-corrected chi connectivity index (χ4v) is 4.70. The lowest BCUT2D eigenvalue weighted by Gasteiger charge is -2.31. The zero-order valence-corrected chi connectivity index (χ0v) is 21.4. The average Bonchev–Trinajstić information content (AvgIpc) is 2.86. The quantitative estimate of drug-likeness (QED) is 0.243. The topological polar surface area (TPSA) is 49.4 Å². The molecule has 0 unspecified atom stereocenters. The van der Waals surface area contributed by atoms with E-state index < -0.39 is 6.04 Å². The molecule has 0 heterocycles. The molecule has 4 nitrogen and oxygen atoms in total. The Kier molecular flexibility index (Phi) is 10.3. The highest BCUT2D eigenvalue weighted by atomic mass is 35.5.